The second kappa shape index (κ2) is 7.96. The third kappa shape index (κ3) is 4.20. The van der Waals surface area contributed by atoms with Crippen LogP contribution in [0, 0.1) is 0 Å². The van der Waals surface area contributed by atoms with Crippen LogP contribution < -0.4 is 10.6 Å². The Morgan fingerprint density at radius 1 is 0.964 bits per heavy atom. The molecule has 28 heavy (non-hydrogen) atoms. The van der Waals surface area contributed by atoms with Gasteiger partial charge in [0.25, 0.3) is 5.91 Å². The number of amides is 2. The number of fused-ring (bicyclic) bond motifs is 1. The van der Waals surface area contributed by atoms with Gasteiger partial charge in [0.1, 0.15) is 0 Å². The minimum atomic E-state index is -0.971. The molecule has 0 aliphatic rings. The molecule has 0 radical (unpaired) electrons. The van der Waals surface area contributed by atoms with Gasteiger partial charge in [0.2, 0.25) is 5.91 Å². The van der Waals surface area contributed by atoms with E-state index in [4.69, 9.17) is 4.74 Å². The van der Waals surface area contributed by atoms with Crippen molar-refractivity contribution in [2.75, 3.05) is 10.6 Å². The predicted octanol–water partition coefficient (Wildman–Crippen LogP) is 3.32. The van der Waals surface area contributed by atoms with Crippen LogP contribution in [0.2, 0.25) is 0 Å². The number of esters is 1. The van der Waals surface area contributed by atoms with Gasteiger partial charge in [-0.3, -0.25) is 9.59 Å². The Morgan fingerprint density at radius 3 is 2.21 bits per heavy atom. The number of nitrogens with zero attached hydrogens (tertiary/aromatic N) is 1. The second-order valence-electron chi connectivity index (χ2n) is 6.47. The van der Waals surface area contributed by atoms with Crippen molar-refractivity contribution in [3.05, 3.63) is 60.3 Å². The maximum absolute atomic E-state index is 12.5. The zero-order chi connectivity index (χ0) is 20.3. The third-order valence-electron chi connectivity index (χ3n) is 4.24. The fourth-order valence-electron chi connectivity index (χ4n) is 2.87. The minimum absolute atomic E-state index is 0.175. The second-order valence-corrected chi connectivity index (χ2v) is 6.47. The number of aromatic nitrogens is 1. The van der Waals surface area contributed by atoms with E-state index < -0.39 is 18.0 Å². The summed E-state index contributed by atoms with van der Waals surface area (Å²) in [6, 6.07) is 14.1. The number of rotatable bonds is 5. The highest BCUT2D eigenvalue weighted by atomic mass is 16.5. The lowest BCUT2D eigenvalue weighted by molar-refractivity contribution is -0.123. The molecule has 0 spiro atoms. The van der Waals surface area contributed by atoms with Gasteiger partial charge in [0.15, 0.2) is 6.10 Å². The zero-order valence-corrected chi connectivity index (χ0v) is 15.9. The van der Waals surface area contributed by atoms with Crippen LogP contribution in [0.4, 0.5) is 11.4 Å². The standard InChI is InChI=1S/C21H21N3O4/c1-13(20(26)23-16-10-8-15(9-11-16)22-14(2)25)28-21(27)18-12-24(3)19-7-5-4-6-17(18)19/h4-13H,1-3H3,(H,22,25)(H,23,26). The van der Waals surface area contributed by atoms with Crippen molar-refractivity contribution in [3.8, 4) is 0 Å². The van der Waals surface area contributed by atoms with Crippen molar-refractivity contribution in [2.45, 2.75) is 20.0 Å². The average molecular weight is 379 g/mol. The molecule has 0 bridgehead atoms. The quantitative estimate of drug-likeness (QED) is 0.666. The summed E-state index contributed by atoms with van der Waals surface area (Å²) in [5.41, 5.74) is 2.48. The van der Waals surface area contributed by atoms with Crippen molar-refractivity contribution in [1.82, 2.24) is 4.57 Å². The molecule has 0 saturated heterocycles. The van der Waals surface area contributed by atoms with Crippen molar-refractivity contribution >= 4 is 40.1 Å². The number of aryl methyl sites for hydroxylation is 1. The molecule has 2 N–H and O–H groups in total. The number of anilines is 2. The van der Waals surface area contributed by atoms with Gasteiger partial charge in [-0.05, 0) is 37.3 Å². The van der Waals surface area contributed by atoms with E-state index in [-0.39, 0.29) is 5.91 Å². The number of carbonyl (C=O) groups excluding carboxylic acids is 3. The highest BCUT2D eigenvalue weighted by Gasteiger charge is 2.21. The zero-order valence-electron chi connectivity index (χ0n) is 15.9. The lowest BCUT2D eigenvalue weighted by Crippen LogP contribution is -2.30. The first-order chi connectivity index (χ1) is 13.3. The van der Waals surface area contributed by atoms with Gasteiger partial charge in [-0.1, -0.05) is 18.2 Å². The Hall–Kier alpha value is -3.61. The molecule has 1 atom stereocenters. The number of ether oxygens (including phenoxy) is 1. The van der Waals surface area contributed by atoms with Crippen LogP contribution in [0.25, 0.3) is 10.9 Å². The summed E-state index contributed by atoms with van der Waals surface area (Å²) in [6.45, 7) is 2.94. The van der Waals surface area contributed by atoms with Gasteiger partial charge < -0.3 is 19.9 Å². The molecule has 0 aliphatic heterocycles. The predicted molar refractivity (Wildman–Crippen MR) is 107 cm³/mol. The number of carbonyl (C=O) groups is 3. The number of hydrogen-bond donors (Lipinski definition) is 2. The van der Waals surface area contributed by atoms with Crippen LogP contribution in [0.15, 0.2) is 54.7 Å². The number of benzene rings is 2. The lowest BCUT2D eigenvalue weighted by Gasteiger charge is -2.13. The molecule has 1 heterocycles. The minimum Gasteiger partial charge on any atom is -0.449 e. The highest BCUT2D eigenvalue weighted by Crippen LogP contribution is 2.21. The van der Waals surface area contributed by atoms with Crippen LogP contribution in [0.1, 0.15) is 24.2 Å². The number of hydrogen-bond acceptors (Lipinski definition) is 4. The Kier molecular flexibility index (Phi) is 5.44. The molecule has 1 unspecified atom stereocenters. The highest BCUT2D eigenvalue weighted by molar-refractivity contribution is 6.05. The summed E-state index contributed by atoms with van der Waals surface area (Å²) < 4.78 is 7.19. The Labute approximate surface area is 162 Å². The SMILES string of the molecule is CC(=O)Nc1ccc(NC(=O)C(C)OC(=O)c2cn(C)c3ccccc23)cc1. The van der Waals surface area contributed by atoms with Crippen LogP contribution in [-0.2, 0) is 21.4 Å². The van der Waals surface area contributed by atoms with E-state index >= 15 is 0 Å². The third-order valence-corrected chi connectivity index (χ3v) is 4.24. The van der Waals surface area contributed by atoms with Crippen molar-refractivity contribution < 1.29 is 19.1 Å². The smallest absolute Gasteiger partial charge is 0.341 e. The molecule has 2 amide bonds. The van der Waals surface area contributed by atoms with Crippen molar-refractivity contribution in [2.24, 2.45) is 7.05 Å². The van der Waals surface area contributed by atoms with Crippen LogP contribution in [0.3, 0.4) is 0 Å². The molecule has 3 rings (SSSR count). The molecule has 0 aliphatic carbocycles. The molecular formula is C21H21N3O4. The molecule has 3 aromatic rings. The largest absolute Gasteiger partial charge is 0.449 e. The summed E-state index contributed by atoms with van der Waals surface area (Å²) in [4.78, 5) is 35.9. The first kappa shape index (κ1) is 19.2. The van der Waals surface area contributed by atoms with E-state index in [2.05, 4.69) is 10.6 Å². The summed E-state index contributed by atoms with van der Waals surface area (Å²) in [6.07, 6.45) is 0.722. The fourth-order valence-corrected chi connectivity index (χ4v) is 2.87. The van der Waals surface area contributed by atoms with Crippen LogP contribution in [0.5, 0.6) is 0 Å². The Bertz CT molecular complexity index is 1040. The van der Waals surface area contributed by atoms with E-state index in [0.717, 1.165) is 10.9 Å². The Balaban J connectivity index is 1.65. The van der Waals surface area contributed by atoms with E-state index in [1.165, 1.54) is 13.8 Å². The van der Waals surface area contributed by atoms with Gasteiger partial charge in [-0.25, -0.2) is 4.79 Å². The number of nitrogens with one attached hydrogen (secondary N) is 2. The Morgan fingerprint density at radius 2 is 1.57 bits per heavy atom. The van der Waals surface area contributed by atoms with E-state index in [1.54, 1.807) is 30.5 Å². The summed E-state index contributed by atoms with van der Waals surface area (Å²) in [7, 11) is 1.85. The maximum atomic E-state index is 12.5. The maximum Gasteiger partial charge on any atom is 0.341 e. The molecule has 0 saturated carbocycles. The van der Waals surface area contributed by atoms with Crippen LogP contribution in [-0.4, -0.2) is 28.5 Å². The van der Waals surface area contributed by atoms with E-state index in [0.29, 0.717) is 16.9 Å². The van der Waals surface area contributed by atoms with Crippen molar-refractivity contribution in [3.63, 3.8) is 0 Å². The summed E-state index contributed by atoms with van der Waals surface area (Å²) in [5.74, 6) is -1.17. The molecule has 7 nitrogen and oxygen atoms in total. The van der Waals surface area contributed by atoms with Gasteiger partial charge in [-0.2, -0.15) is 0 Å². The first-order valence-corrected chi connectivity index (χ1v) is 8.78. The van der Waals surface area contributed by atoms with E-state index in [9.17, 15) is 14.4 Å². The topological polar surface area (TPSA) is 89.4 Å². The van der Waals surface area contributed by atoms with E-state index in [1.807, 2.05) is 35.9 Å². The average Bonchev–Trinajstić information content (AvgIpc) is 3.00. The van der Waals surface area contributed by atoms with Gasteiger partial charge in [0.05, 0.1) is 5.56 Å². The summed E-state index contributed by atoms with van der Waals surface area (Å²) >= 11 is 0. The number of para-hydroxylation sites is 1. The molecule has 144 valence electrons. The normalized spacial score (nSPS) is 11.7. The first-order valence-electron chi connectivity index (χ1n) is 8.78. The molecule has 7 heteroatoms. The van der Waals surface area contributed by atoms with Crippen molar-refractivity contribution in [1.29, 1.82) is 0 Å². The molecule has 0 fully saturated rings. The molecule has 2 aromatic carbocycles. The monoisotopic (exact) mass is 379 g/mol. The summed E-state index contributed by atoms with van der Waals surface area (Å²) in [5, 5.41) is 6.11. The van der Waals surface area contributed by atoms with Gasteiger partial charge in [-0.15, -0.1) is 0 Å². The molecular weight excluding hydrogens is 358 g/mol. The van der Waals surface area contributed by atoms with Crippen LogP contribution >= 0.6 is 0 Å². The fraction of sp³-hybridized carbons (Fsp3) is 0.190. The van der Waals surface area contributed by atoms with Gasteiger partial charge >= 0.3 is 5.97 Å². The molecule has 1 aromatic heterocycles. The lowest BCUT2D eigenvalue weighted by atomic mass is 10.2. The van der Waals surface area contributed by atoms with Gasteiger partial charge in [0, 0.05) is 42.4 Å².